The summed E-state index contributed by atoms with van der Waals surface area (Å²) >= 11 is 4.88. The van der Waals surface area contributed by atoms with Crippen LogP contribution in [0.2, 0.25) is 0 Å². The van der Waals surface area contributed by atoms with E-state index in [4.69, 9.17) is 18.0 Å². The summed E-state index contributed by atoms with van der Waals surface area (Å²) in [5.74, 6) is -0.671. The van der Waals surface area contributed by atoms with Crippen LogP contribution in [0.1, 0.15) is 19.5 Å². The Morgan fingerprint density at radius 3 is 2.84 bits per heavy atom. The van der Waals surface area contributed by atoms with Crippen molar-refractivity contribution in [3.05, 3.63) is 24.0 Å². The zero-order valence-corrected chi connectivity index (χ0v) is 11.5. The maximum Gasteiger partial charge on any atom is 0.251 e. The van der Waals surface area contributed by atoms with Gasteiger partial charge in [-0.2, -0.15) is 0 Å². The molecule has 0 radical (unpaired) electrons. The highest BCUT2D eigenvalue weighted by Gasteiger charge is 2.41. The number of nitrogens with one attached hydrogen (secondary N) is 1. The quantitative estimate of drug-likeness (QED) is 0.583. The van der Waals surface area contributed by atoms with Gasteiger partial charge in [-0.05, 0) is 26.0 Å². The summed E-state index contributed by atoms with van der Waals surface area (Å²) in [7, 11) is 0. The molecule has 19 heavy (non-hydrogen) atoms. The van der Waals surface area contributed by atoms with Crippen LogP contribution in [0.15, 0.2) is 18.3 Å². The normalized spacial score (nSPS) is 18.1. The minimum absolute atomic E-state index is 0.0968. The average Bonchev–Trinajstić information content (AvgIpc) is 2.34. The number of piperazine rings is 1. The van der Waals surface area contributed by atoms with Gasteiger partial charge in [0.2, 0.25) is 5.91 Å². The molecule has 1 saturated heterocycles. The molecule has 0 aliphatic carbocycles. The second-order valence-electron chi connectivity index (χ2n) is 4.79. The standard InChI is InChI=1S/C12H14N4O2S/c1-12(2)11(18)15-9(17)6-16(12)7-3-4-14-8(5-7)10(13)19/h3-5H,6H2,1-2H3,(H2,13,19)(H,15,17,18). The summed E-state index contributed by atoms with van der Waals surface area (Å²) in [5.41, 5.74) is 5.85. The van der Waals surface area contributed by atoms with Crippen molar-refractivity contribution in [1.29, 1.82) is 0 Å². The molecule has 0 spiro atoms. The minimum Gasteiger partial charge on any atom is -0.388 e. The van der Waals surface area contributed by atoms with Crippen molar-refractivity contribution in [3.8, 4) is 0 Å². The SMILES string of the molecule is CC1(C)C(=O)NC(=O)CN1c1ccnc(C(N)=S)c1. The maximum absolute atomic E-state index is 11.9. The van der Waals surface area contributed by atoms with Gasteiger partial charge < -0.3 is 10.6 Å². The molecule has 7 heteroatoms. The molecule has 1 aliphatic heterocycles. The number of aromatic nitrogens is 1. The molecular weight excluding hydrogens is 264 g/mol. The highest BCUT2D eigenvalue weighted by atomic mass is 32.1. The predicted octanol–water partition coefficient (Wildman–Crippen LogP) is -0.0428. The first-order valence-corrected chi connectivity index (χ1v) is 6.11. The van der Waals surface area contributed by atoms with E-state index in [1.807, 2.05) is 0 Å². The van der Waals surface area contributed by atoms with E-state index >= 15 is 0 Å². The van der Waals surface area contributed by atoms with Gasteiger partial charge in [-0.1, -0.05) is 12.2 Å². The zero-order chi connectivity index (χ0) is 14.2. The smallest absolute Gasteiger partial charge is 0.251 e. The molecule has 0 unspecified atom stereocenters. The van der Waals surface area contributed by atoms with Crippen LogP contribution in [0.3, 0.4) is 0 Å². The molecule has 0 bridgehead atoms. The molecule has 6 nitrogen and oxygen atoms in total. The third-order valence-electron chi connectivity index (χ3n) is 3.09. The van der Waals surface area contributed by atoms with Crippen molar-refractivity contribution < 1.29 is 9.59 Å². The molecule has 100 valence electrons. The Bertz CT molecular complexity index is 571. The van der Waals surface area contributed by atoms with Crippen LogP contribution in [0.4, 0.5) is 5.69 Å². The number of carbonyl (C=O) groups is 2. The van der Waals surface area contributed by atoms with E-state index in [1.165, 1.54) is 0 Å². The molecule has 2 rings (SSSR count). The Morgan fingerprint density at radius 1 is 1.53 bits per heavy atom. The first kappa shape index (κ1) is 13.4. The van der Waals surface area contributed by atoms with Gasteiger partial charge in [-0.15, -0.1) is 0 Å². The lowest BCUT2D eigenvalue weighted by Gasteiger charge is -2.41. The van der Waals surface area contributed by atoms with Gasteiger partial charge in [0.1, 0.15) is 10.5 Å². The molecule has 2 heterocycles. The Hall–Kier alpha value is -2.02. The van der Waals surface area contributed by atoms with Crippen LogP contribution in [0.5, 0.6) is 0 Å². The molecule has 1 fully saturated rings. The second-order valence-corrected chi connectivity index (χ2v) is 5.23. The minimum atomic E-state index is -0.831. The van der Waals surface area contributed by atoms with Crippen LogP contribution in [-0.4, -0.2) is 33.9 Å². The first-order valence-electron chi connectivity index (χ1n) is 5.70. The van der Waals surface area contributed by atoms with Gasteiger partial charge in [-0.25, -0.2) is 0 Å². The summed E-state index contributed by atoms with van der Waals surface area (Å²) in [6.07, 6.45) is 1.55. The molecule has 2 amide bonds. The number of hydrogen-bond donors (Lipinski definition) is 2. The molecule has 1 aromatic rings. The third kappa shape index (κ3) is 2.41. The third-order valence-corrected chi connectivity index (χ3v) is 3.30. The van der Waals surface area contributed by atoms with Gasteiger partial charge in [0.05, 0.1) is 12.2 Å². The lowest BCUT2D eigenvalue weighted by molar-refractivity contribution is -0.135. The van der Waals surface area contributed by atoms with Crippen molar-refractivity contribution in [2.75, 3.05) is 11.4 Å². The molecule has 0 saturated carbocycles. The number of hydrogen-bond acceptors (Lipinski definition) is 5. The Kier molecular flexibility index (Phi) is 3.23. The van der Waals surface area contributed by atoms with Crippen molar-refractivity contribution in [1.82, 2.24) is 10.3 Å². The summed E-state index contributed by atoms with van der Waals surface area (Å²) in [5, 5.41) is 2.32. The molecule has 1 aliphatic rings. The topological polar surface area (TPSA) is 88.3 Å². The monoisotopic (exact) mass is 278 g/mol. The average molecular weight is 278 g/mol. The van der Waals surface area contributed by atoms with Crippen LogP contribution in [0.25, 0.3) is 0 Å². The molecule has 0 atom stereocenters. The Balaban J connectivity index is 2.44. The van der Waals surface area contributed by atoms with E-state index in [9.17, 15) is 9.59 Å². The number of thiocarbonyl (C=S) groups is 1. The van der Waals surface area contributed by atoms with E-state index in [-0.39, 0.29) is 23.3 Å². The molecular formula is C12H14N4O2S. The zero-order valence-electron chi connectivity index (χ0n) is 10.6. The predicted molar refractivity (Wildman–Crippen MR) is 74.7 cm³/mol. The summed E-state index contributed by atoms with van der Waals surface area (Å²) in [6.45, 7) is 3.59. The fourth-order valence-corrected chi connectivity index (χ4v) is 2.03. The highest BCUT2D eigenvalue weighted by Crippen LogP contribution is 2.26. The van der Waals surface area contributed by atoms with Gasteiger partial charge in [0, 0.05) is 11.9 Å². The summed E-state index contributed by atoms with van der Waals surface area (Å²) < 4.78 is 0. The number of rotatable bonds is 2. The number of imide groups is 1. The van der Waals surface area contributed by atoms with Gasteiger partial charge >= 0.3 is 0 Å². The molecule has 3 N–H and O–H groups in total. The summed E-state index contributed by atoms with van der Waals surface area (Å²) in [6, 6.07) is 3.39. The van der Waals surface area contributed by atoms with Gasteiger partial charge in [0.25, 0.3) is 5.91 Å². The van der Waals surface area contributed by atoms with E-state index in [0.29, 0.717) is 11.4 Å². The van der Waals surface area contributed by atoms with E-state index in [1.54, 1.807) is 37.1 Å². The number of nitrogens with two attached hydrogens (primary N) is 1. The maximum atomic E-state index is 11.9. The van der Waals surface area contributed by atoms with E-state index < -0.39 is 5.54 Å². The van der Waals surface area contributed by atoms with E-state index in [0.717, 1.165) is 0 Å². The highest BCUT2D eigenvalue weighted by molar-refractivity contribution is 7.80. The van der Waals surface area contributed by atoms with Crippen LogP contribution >= 0.6 is 12.2 Å². The number of carbonyl (C=O) groups excluding carboxylic acids is 2. The lowest BCUT2D eigenvalue weighted by atomic mass is 9.97. The van der Waals surface area contributed by atoms with Crippen molar-refractivity contribution >= 4 is 34.7 Å². The van der Waals surface area contributed by atoms with Gasteiger partial charge in [-0.3, -0.25) is 19.9 Å². The second kappa shape index (κ2) is 4.58. The van der Waals surface area contributed by atoms with Crippen molar-refractivity contribution in [2.45, 2.75) is 19.4 Å². The fourth-order valence-electron chi connectivity index (χ4n) is 1.92. The van der Waals surface area contributed by atoms with Crippen molar-refractivity contribution in [2.24, 2.45) is 5.73 Å². The Labute approximate surface area is 116 Å². The Morgan fingerprint density at radius 2 is 2.21 bits per heavy atom. The van der Waals surface area contributed by atoms with Crippen molar-refractivity contribution in [3.63, 3.8) is 0 Å². The number of pyridine rings is 1. The van der Waals surface area contributed by atoms with E-state index in [2.05, 4.69) is 10.3 Å². The number of nitrogens with zero attached hydrogens (tertiary/aromatic N) is 2. The van der Waals surface area contributed by atoms with Crippen LogP contribution in [-0.2, 0) is 9.59 Å². The molecule has 0 aromatic carbocycles. The largest absolute Gasteiger partial charge is 0.388 e. The fraction of sp³-hybridized carbons (Fsp3) is 0.333. The number of anilines is 1. The summed E-state index contributed by atoms with van der Waals surface area (Å²) in [4.78, 5) is 29.3. The lowest BCUT2D eigenvalue weighted by Crippen LogP contribution is -2.64. The molecule has 1 aromatic heterocycles. The van der Waals surface area contributed by atoms with Crippen LogP contribution in [0, 0.1) is 0 Å². The van der Waals surface area contributed by atoms with Gasteiger partial charge in [0.15, 0.2) is 0 Å². The van der Waals surface area contributed by atoms with Crippen LogP contribution < -0.4 is 16.0 Å². The first-order chi connectivity index (χ1) is 8.82. The number of amides is 2.